The highest BCUT2D eigenvalue weighted by atomic mass is 19.1. The van der Waals surface area contributed by atoms with Gasteiger partial charge in [-0.2, -0.15) is 0 Å². The van der Waals surface area contributed by atoms with Crippen LogP contribution in [0.15, 0.2) is 12.3 Å². The molecule has 0 radical (unpaired) electrons. The molecule has 0 saturated carbocycles. The fourth-order valence-corrected chi connectivity index (χ4v) is 3.39. The van der Waals surface area contributed by atoms with Gasteiger partial charge in [0.15, 0.2) is 0 Å². The molecule has 0 amide bonds. The van der Waals surface area contributed by atoms with Crippen LogP contribution in [0.25, 0.3) is 0 Å². The molecule has 4 nitrogen and oxygen atoms in total. The maximum absolute atomic E-state index is 13.2. The summed E-state index contributed by atoms with van der Waals surface area (Å²) in [4.78, 5) is 8.94. The van der Waals surface area contributed by atoms with E-state index in [0.29, 0.717) is 11.6 Å². The molecule has 2 fully saturated rings. The number of nitrogens with zero attached hydrogens (tertiary/aromatic N) is 3. The zero-order valence-electron chi connectivity index (χ0n) is 11.8. The van der Waals surface area contributed by atoms with Crippen LogP contribution in [-0.2, 0) is 6.61 Å². The van der Waals surface area contributed by atoms with Crippen LogP contribution >= 0.6 is 0 Å². The molecule has 0 aliphatic carbocycles. The van der Waals surface area contributed by atoms with Crippen molar-refractivity contribution in [3.8, 4) is 0 Å². The monoisotopic (exact) mass is 279 g/mol. The van der Waals surface area contributed by atoms with Gasteiger partial charge in [0.2, 0.25) is 0 Å². The van der Waals surface area contributed by atoms with Crippen LogP contribution in [0.2, 0.25) is 0 Å². The van der Waals surface area contributed by atoms with Gasteiger partial charge >= 0.3 is 0 Å². The summed E-state index contributed by atoms with van der Waals surface area (Å²) in [6, 6.07) is 1.96. The molecule has 2 aliphatic rings. The van der Waals surface area contributed by atoms with E-state index in [4.69, 9.17) is 0 Å². The molecule has 0 bridgehead atoms. The van der Waals surface area contributed by atoms with E-state index in [2.05, 4.69) is 14.8 Å². The van der Waals surface area contributed by atoms with E-state index in [1.54, 1.807) is 0 Å². The Morgan fingerprint density at radius 3 is 2.80 bits per heavy atom. The molecule has 2 aliphatic heterocycles. The summed E-state index contributed by atoms with van der Waals surface area (Å²) in [5.74, 6) is 0.359. The van der Waals surface area contributed by atoms with Crippen molar-refractivity contribution in [3.05, 3.63) is 23.6 Å². The maximum atomic E-state index is 13.2. The molecule has 3 rings (SSSR count). The first kappa shape index (κ1) is 13.8. The zero-order chi connectivity index (χ0) is 13.9. The summed E-state index contributed by atoms with van der Waals surface area (Å²) in [5, 5.41) is 9.37. The second-order valence-electron chi connectivity index (χ2n) is 5.78. The lowest BCUT2D eigenvalue weighted by atomic mass is 10.1. The summed E-state index contributed by atoms with van der Waals surface area (Å²) >= 11 is 0. The average Bonchev–Trinajstić information content (AvgIpc) is 2.97. The highest BCUT2D eigenvalue weighted by Crippen LogP contribution is 2.26. The quantitative estimate of drug-likeness (QED) is 0.915. The van der Waals surface area contributed by atoms with E-state index in [1.807, 2.05) is 0 Å². The minimum atomic E-state index is -0.385. The number of hydrogen-bond donors (Lipinski definition) is 1. The Bertz CT molecular complexity index is 462. The lowest BCUT2D eigenvalue weighted by Crippen LogP contribution is -2.41. The number of hydrogen-bond acceptors (Lipinski definition) is 4. The minimum Gasteiger partial charge on any atom is -0.392 e. The van der Waals surface area contributed by atoms with Gasteiger partial charge in [-0.3, -0.25) is 4.90 Å². The molecule has 1 unspecified atom stereocenters. The van der Waals surface area contributed by atoms with E-state index in [-0.39, 0.29) is 12.4 Å². The van der Waals surface area contributed by atoms with Gasteiger partial charge < -0.3 is 10.0 Å². The smallest absolute Gasteiger partial charge is 0.142 e. The third-order valence-electron chi connectivity index (χ3n) is 4.45. The van der Waals surface area contributed by atoms with Crippen LogP contribution in [0, 0.1) is 5.82 Å². The van der Waals surface area contributed by atoms with Crippen LogP contribution in [0.1, 0.15) is 31.2 Å². The molecule has 1 atom stereocenters. The van der Waals surface area contributed by atoms with Crippen molar-refractivity contribution in [1.29, 1.82) is 0 Å². The number of rotatable bonds is 3. The number of aliphatic hydroxyl groups excluding tert-OH is 1. The van der Waals surface area contributed by atoms with Crippen molar-refractivity contribution in [1.82, 2.24) is 9.88 Å². The SMILES string of the molecule is OCc1cc(F)cnc1N1CCC(N2CCCCC2)C1. The van der Waals surface area contributed by atoms with Gasteiger partial charge in [0.25, 0.3) is 0 Å². The first-order valence-corrected chi connectivity index (χ1v) is 7.52. The Kier molecular flexibility index (Phi) is 4.17. The number of pyridine rings is 1. The van der Waals surface area contributed by atoms with E-state index in [9.17, 15) is 9.50 Å². The normalized spacial score (nSPS) is 24.3. The topological polar surface area (TPSA) is 39.6 Å². The van der Waals surface area contributed by atoms with Gasteiger partial charge in [-0.05, 0) is 38.4 Å². The fraction of sp³-hybridized carbons (Fsp3) is 0.667. The maximum Gasteiger partial charge on any atom is 0.142 e. The van der Waals surface area contributed by atoms with Gasteiger partial charge in [-0.25, -0.2) is 9.37 Å². The largest absolute Gasteiger partial charge is 0.392 e. The van der Waals surface area contributed by atoms with E-state index < -0.39 is 0 Å². The molecule has 5 heteroatoms. The van der Waals surface area contributed by atoms with Crippen LogP contribution in [0.5, 0.6) is 0 Å². The van der Waals surface area contributed by atoms with Gasteiger partial charge in [-0.1, -0.05) is 6.42 Å². The molecule has 1 aromatic heterocycles. The summed E-state index contributed by atoms with van der Waals surface area (Å²) in [6.45, 7) is 4.10. The second-order valence-corrected chi connectivity index (χ2v) is 5.78. The van der Waals surface area contributed by atoms with Crippen LogP contribution in [0.3, 0.4) is 0 Å². The number of halogens is 1. The number of likely N-dealkylation sites (tertiary alicyclic amines) is 1. The summed E-state index contributed by atoms with van der Waals surface area (Å²) in [5.41, 5.74) is 0.587. The zero-order valence-corrected chi connectivity index (χ0v) is 11.8. The van der Waals surface area contributed by atoms with E-state index in [0.717, 1.165) is 25.3 Å². The Labute approximate surface area is 119 Å². The van der Waals surface area contributed by atoms with Gasteiger partial charge in [0.05, 0.1) is 12.8 Å². The minimum absolute atomic E-state index is 0.162. The van der Waals surface area contributed by atoms with Crippen molar-refractivity contribution in [2.24, 2.45) is 0 Å². The number of aliphatic hydroxyl groups is 1. The number of piperidine rings is 1. The van der Waals surface area contributed by atoms with Crippen molar-refractivity contribution in [3.63, 3.8) is 0 Å². The molecule has 20 heavy (non-hydrogen) atoms. The van der Waals surface area contributed by atoms with Crippen molar-refractivity contribution < 1.29 is 9.50 Å². The predicted molar refractivity (Wildman–Crippen MR) is 76.2 cm³/mol. The Hall–Kier alpha value is -1.20. The lowest BCUT2D eigenvalue weighted by molar-refractivity contribution is 0.174. The van der Waals surface area contributed by atoms with E-state index in [1.165, 1.54) is 44.6 Å². The van der Waals surface area contributed by atoms with Crippen molar-refractivity contribution in [2.75, 3.05) is 31.1 Å². The second kappa shape index (κ2) is 6.06. The highest BCUT2D eigenvalue weighted by molar-refractivity contribution is 5.47. The Morgan fingerprint density at radius 2 is 2.05 bits per heavy atom. The van der Waals surface area contributed by atoms with Crippen molar-refractivity contribution >= 4 is 5.82 Å². The number of aromatic nitrogens is 1. The first-order chi connectivity index (χ1) is 9.78. The van der Waals surface area contributed by atoms with Crippen LogP contribution in [-0.4, -0.2) is 47.2 Å². The lowest BCUT2D eigenvalue weighted by Gasteiger charge is -2.32. The third kappa shape index (κ3) is 2.79. The van der Waals surface area contributed by atoms with Gasteiger partial charge in [-0.15, -0.1) is 0 Å². The first-order valence-electron chi connectivity index (χ1n) is 7.52. The molecule has 1 N–H and O–H groups in total. The molecule has 1 aromatic rings. The molecule has 0 spiro atoms. The average molecular weight is 279 g/mol. The molecule has 110 valence electrons. The highest BCUT2D eigenvalue weighted by Gasteiger charge is 2.30. The summed E-state index contributed by atoms with van der Waals surface area (Å²) < 4.78 is 13.2. The Morgan fingerprint density at radius 1 is 1.25 bits per heavy atom. The van der Waals surface area contributed by atoms with Crippen molar-refractivity contribution in [2.45, 2.75) is 38.3 Å². The van der Waals surface area contributed by atoms with Crippen LogP contribution < -0.4 is 4.90 Å². The standard InChI is InChI=1S/C15H22FN3O/c16-13-8-12(11-20)15(17-9-13)19-7-4-14(10-19)18-5-2-1-3-6-18/h8-9,14,20H,1-7,10-11H2. The fourth-order valence-electron chi connectivity index (χ4n) is 3.39. The molecular weight excluding hydrogens is 257 g/mol. The summed E-state index contributed by atoms with van der Waals surface area (Å²) in [6.07, 6.45) is 6.31. The third-order valence-corrected chi connectivity index (χ3v) is 4.45. The Balaban J connectivity index is 1.70. The molecule has 0 aromatic carbocycles. The van der Waals surface area contributed by atoms with Crippen LogP contribution in [0.4, 0.5) is 10.2 Å². The molecule has 3 heterocycles. The molecular formula is C15H22FN3O. The van der Waals surface area contributed by atoms with E-state index >= 15 is 0 Å². The summed E-state index contributed by atoms with van der Waals surface area (Å²) in [7, 11) is 0. The molecule has 2 saturated heterocycles. The van der Waals surface area contributed by atoms with Gasteiger partial charge in [0, 0.05) is 24.7 Å². The van der Waals surface area contributed by atoms with Gasteiger partial charge in [0.1, 0.15) is 11.6 Å². The number of anilines is 1. The predicted octanol–water partition coefficient (Wildman–Crippen LogP) is 1.78.